The van der Waals surface area contributed by atoms with Gasteiger partial charge in [-0.3, -0.25) is 0 Å². The molecule has 0 aromatic rings. The summed E-state index contributed by atoms with van der Waals surface area (Å²) in [5.41, 5.74) is 0. The fraction of sp³-hybridized carbons (Fsp3) is 1.00. The van der Waals surface area contributed by atoms with Crippen molar-refractivity contribution in [2.24, 2.45) is 11.8 Å². The Morgan fingerprint density at radius 3 is 2.12 bits per heavy atom. The van der Waals surface area contributed by atoms with Crippen molar-refractivity contribution in [2.45, 2.75) is 84.7 Å². The van der Waals surface area contributed by atoms with Crippen molar-refractivity contribution in [3.05, 3.63) is 0 Å². The summed E-state index contributed by atoms with van der Waals surface area (Å²) in [6.07, 6.45) is 9.56. The molecule has 1 saturated carbocycles. The second-order valence-corrected chi connectivity index (χ2v) is 5.91. The van der Waals surface area contributed by atoms with Crippen molar-refractivity contribution in [2.75, 3.05) is 0 Å². The first-order valence-corrected chi connectivity index (χ1v) is 7.43. The summed E-state index contributed by atoms with van der Waals surface area (Å²) in [4.78, 5) is 0. The van der Waals surface area contributed by atoms with Crippen LogP contribution in [0.4, 0.5) is 0 Å². The Kier molecular flexibility index (Phi) is 6.41. The first-order chi connectivity index (χ1) is 7.67. The van der Waals surface area contributed by atoms with Gasteiger partial charge in [-0.25, -0.2) is 0 Å². The molecule has 16 heavy (non-hydrogen) atoms. The predicted molar refractivity (Wildman–Crippen MR) is 72.7 cm³/mol. The van der Waals surface area contributed by atoms with Crippen molar-refractivity contribution in [1.29, 1.82) is 0 Å². The lowest BCUT2D eigenvalue weighted by Gasteiger charge is -2.35. The SMILES string of the molecule is CCCC(CCC)NC1CCC(C)C(C)C1. The third kappa shape index (κ3) is 4.45. The maximum Gasteiger partial charge on any atom is 0.00723 e. The molecule has 0 heterocycles. The fourth-order valence-electron chi connectivity index (χ4n) is 3.04. The Labute approximate surface area is 102 Å². The molecule has 1 heteroatoms. The molecule has 1 nitrogen and oxygen atoms in total. The lowest BCUT2D eigenvalue weighted by atomic mass is 9.79. The number of hydrogen-bond acceptors (Lipinski definition) is 1. The molecule has 0 aromatic heterocycles. The van der Waals surface area contributed by atoms with E-state index in [1.165, 1.54) is 44.9 Å². The van der Waals surface area contributed by atoms with Crippen molar-refractivity contribution >= 4 is 0 Å². The summed E-state index contributed by atoms with van der Waals surface area (Å²) in [5, 5.41) is 3.91. The number of hydrogen-bond donors (Lipinski definition) is 1. The zero-order valence-electron chi connectivity index (χ0n) is 11.8. The van der Waals surface area contributed by atoms with Gasteiger partial charge in [0.15, 0.2) is 0 Å². The van der Waals surface area contributed by atoms with E-state index in [1.807, 2.05) is 0 Å². The van der Waals surface area contributed by atoms with Crippen molar-refractivity contribution < 1.29 is 0 Å². The Morgan fingerprint density at radius 2 is 1.62 bits per heavy atom. The van der Waals surface area contributed by atoms with Gasteiger partial charge in [0.2, 0.25) is 0 Å². The lowest BCUT2D eigenvalue weighted by molar-refractivity contribution is 0.209. The van der Waals surface area contributed by atoms with Gasteiger partial charge in [-0.2, -0.15) is 0 Å². The Balaban J connectivity index is 2.33. The van der Waals surface area contributed by atoms with Gasteiger partial charge in [0.1, 0.15) is 0 Å². The van der Waals surface area contributed by atoms with Crippen LogP contribution < -0.4 is 5.32 Å². The van der Waals surface area contributed by atoms with Gasteiger partial charge in [-0.05, 0) is 43.9 Å². The summed E-state index contributed by atoms with van der Waals surface area (Å²) in [6, 6.07) is 1.58. The molecular formula is C15H31N. The topological polar surface area (TPSA) is 12.0 Å². The second kappa shape index (κ2) is 7.32. The van der Waals surface area contributed by atoms with Gasteiger partial charge < -0.3 is 5.32 Å². The highest BCUT2D eigenvalue weighted by Gasteiger charge is 2.25. The first-order valence-electron chi connectivity index (χ1n) is 7.43. The molecular weight excluding hydrogens is 194 g/mol. The van der Waals surface area contributed by atoms with Crippen LogP contribution in [0, 0.1) is 11.8 Å². The summed E-state index contributed by atoms with van der Waals surface area (Å²) in [7, 11) is 0. The Bertz CT molecular complexity index is 172. The quantitative estimate of drug-likeness (QED) is 0.708. The van der Waals surface area contributed by atoms with Crippen molar-refractivity contribution in [1.82, 2.24) is 5.32 Å². The van der Waals surface area contributed by atoms with Crippen LogP contribution in [-0.2, 0) is 0 Å². The highest BCUT2D eigenvalue weighted by atomic mass is 14.9. The molecule has 3 unspecified atom stereocenters. The van der Waals surface area contributed by atoms with Crippen LogP contribution in [0.1, 0.15) is 72.6 Å². The monoisotopic (exact) mass is 225 g/mol. The smallest absolute Gasteiger partial charge is 0.00723 e. The van der Waals surface area contributed by atoms with E-state index in [4.69, 9.17) is 0 Å². The summed E-state index contributed by atoms with van der Waals surface area (Å²) in [5.74, 6) is 1.85. The summed E-state index contributed by atoms with van der Waals surface area (Å²) in [6.45, 7) is 9.44. The van der Waals surface area contributed by atoms with Gasteiger partial charge in [0.05, 0.1) is 0 Å². The maximum atomic E-state index is 3.91. The van der Waals surface area contributed by atoms with Gasteiger partial charge in [-0.15, -0.1) is 0 Å². The van der Waals surface area contributed by atoms with E-state index in [-0.39, 0.29) is 0 Å². The molecule has 0 aromatic carbocycles. The average molecular weight is 225 g/mol. The fourth-order valence-corrected chi connectivity index (χ4v) is 3.04. The zero-order valence-corrected chi connectivity index (χ0v) is 11.8. The molecule has 1 aliphatic rings. The van der Waals surface area contributed by atoms with E-state index in [0.717, 1.165) is 23.9 Å². The number of rotatable bonds is 6. The van der Waals surface area contributed by atoms with Crippen LogP contribution in [-0.4, -0.2) is 12.1 Å². The number of nitrogens with one attached hydrogen (secondary N) is 1. The van der Waals surface area contributed by atoms with E-state index in [2.05, 4.69) is 33.0 Å². The summed E-state index contributed by atoms with van der Waals surface area (Å²) >= 11 is 0. The molecule has 1 fully saturated rings. The Hall–Kier alpha value is -0.0400. The highest BCUT2D eigenvalue weighted by Crippen LogP contribution is 2.29. The van der Waals surface area contributed by atoms with Crippen LogP contribution in [0.15, 0.2) is 0 Å². The summed E-state index contributed by atoms with van der Waals surface area (Å²) < 4.78 is 0. The standard InChI is InChI=1S/C15H31N/c1-5-7-14(8-6-2)16-15-10-9-12(3)13(4)11-15/h12-16H,5-11H2,1-4H3. The van der Waals surface area contributed by atoms with E-state index < -0.39 is 0 Å². The molecule has 0 saturated heterocycles. The minimum Gasteiger partial charge on any atom is -0.311 e. The maximum absolute atomic E-state index is 3.91. The first kappa shape index (κ1) is 14.0. The van der Waals surface area contributed by atoms with Crippen LogP contribution in [0.5, 0.6) is 0 Å². The van der Waals surface area contributed by atoms with Gasteiger partial charge in [-0.1, -0.05) is 40.5 Å². The molecule has 0 amide bonds. The molecule has 0 radical (unpaired) electrons. The molecule has 1 N–H and O–H groups in total. The molecule has 96 valence electrons. The Morgan fingerprint density at radius 1 is 1.00 bits per heavy atom. The zero-order chi connectivity index (χ0) is 12.0. The predicted octanol–water partition coefficient (Wildman–Crippen LogP) is 4.37. The molecule has 3 atom stereocenters. The third-order valence-electron chi connectivity index (χ3n) is 4.34. The van der Waals surface area contributed by atoms with E-state index in [1.54, 1.807) is 0 Å². The average Bonchev–Trinajstić information content (AvgIpc) is 2.24. The van der Waals surface area contributed by atoms with Crippen LogP contribution in [0.3, 0.4) is 0 Å². The highest BCUT2D eigenvalue weighted by molar-refractivity contribution is 4.82. The minimum atomic E-state index is 0.778. The van der Waals surface area contributed by atoms with E-state index >= 15 is 0 Å². The molecule has 0 bridgehead atoms. The molecule has 1 rings (SSSR count). The van der Waals surface area contributed by atoms with Gasteiger partial charge >= 0.3 is 0 Å². The lowest BCUT2D eigenvalue weighted by Crippen LogP contribution is -2.42. The van der Waals surface area contributed by atoms with Crippen molar-refractivity contribution in [3.8, 4) is 0 Å². The molecule has 1 aliphatic carbocycles. The van der Waals surface area contributed by atoms with Crippen LogP contribution in [0.25, 0.3) is 0 Å². The van der Waals surface area contributed by atoms with E-state index in [9.17, 15) is 0 Å². The molecule has 0 spiro atoms. The normalized spacial score (nSPS) is 30.9. The van der Waals surface area contributed by atoms with Gasteiger partial charge in [0.25, 0.3) is 0 Å². The van der Waals surface area contributed by atoms with Crippen LogP contribution in [0.2, 0.25) is 0 Å². The third-order valence-corrected chi connectivity index (χ3v) is 4.34. The largest absolute Gasteiger partial charge is 0.311 e. The second-order valence-electron chi connectivity index (χ2n) is 5.91. The molecule has 0 aliphatic heterocycles. The minimum absolute atomic E-state index is 0.778. The van der Waals surface area contributed by atoms with Gasteiger partial charge in [0, 0.05) is 12.1 Å². The van der Waals surface area contributed by atoms with Crippen molar-refractivity contribution in [3.63, 3.8) is 0 Å². The van der Waals surface area contributed by atoms with E-state index in [0.29, 0.717) is 0 Å². The van der Waals surface area contributed by atoms with Crippen LogP contribution >= 0.6 is 0 Å².